The Morgan fingerprint density at radius 3 is 1.25 bits per heavy atom. The molecule has 1 rings (SSSR count). The van der Waals surface area contributed by atoms with Crippen LogP contribution < -0.4 is 4.98 Å². The van der Waals surface area contributed by atoms with Crippen LogP contribution in [0, 0.1) is 0 Å². The third kappa shape index (κ3) is 5.89. The molecule has 1 aromatic rings. The molecule has 0 aliphatic rings. The average molecular weight is 340 g/mol. The van der Waals surface area contributed by atoms with E-state index < -0.39 is 20.8 Å². The molecular formula is C12H20Cl2NZr-. The second-order valence-electron chi connectivity index (χ2n) is 5.79. The van der Waals surface area contributed by atoms with Crippen molar-refractivity contribution in [2.75, 3.05) is 0 Å². The van der Waals surface area contributed by atoms with Gasteiger partial charge in [-0.2, -0.15) is 11.4 Å². The number of aromatic nitrogens is 1. The van der Waals surface area contributed by atoms with Gasteiger partial charge in [-0.25, -0.2) is 0 Å². The standard InChI is InChI=1S/C12H20N.2ClH.Zr/c1-11(2,3)9-7-8-10(13-9)12(4,5)6;;;/h7-8H,1-6H3;2*1H;/q-1;;;+2/p-2. The summed E-state index contributed by atoms with van der Waals surface area (Å²) in [6, 6.07) is 4.28. The van der Waals surface area contributed by atoms with Gasteiger partial charge < -0.3 is 4.98 Å². The van der Waals surface area contributed by atoms with Crippen LogP contribution in [-0.2, 0) is 31.7 Å². The molecule has 0 bridgehead atoms. The molecule has 1 aromatic heterocycles. The summed E-state index contributed by atoms with van der Waals surface area (Å²) in [5.74, 6) is 0. The van der Waals surface area contributed by atoms with Crippen LogP contribution in [-0.4, -0.2) is 0 Å². The zero-order valence-electron chi connectivity index (χ0n) is 10.9. The molecule has 0 saturated heterocycles. The van der Waals surface area contributed by atoms with Crippen LogP contribution >= 0.6 is 17.0 Å². The van der Waals surface area contributed by atoms with Crippen LogP contribution in [0.1, 0.15) is 52.9 Å². The molecule has 0 spiro atoms. The quantitative estimate of drug-likeness (QED) is 0.672. The van der Waals surface area contributed by atoms with E-state index >= 15 is 0 Å². The van der Waals surface area contributed by atoms with Crippen molar-refractivity contribution < 1.29 is 20.8 Å². The summed E-state index contributed by atoms with van der Waals surface area (Å²) in [6.45, 7) is 13.2. The minimum absolute atomic E-state index is 0.170. The van der Waals surface area contributed by atoms with Crippen molar-refractivity contribution in [2.45, 2.75) is 52.4 Å². The molecule has 1 heterocycles. The SMILES string of the molecule is CC(C)(C)c1ccc(C(C)(C)C)[n-]1.[Cl][Zr][Cl]. The second-order valence-corrected chi connectivity index (χ2v) is 9.52. The van der Waals surface area contributed by atoms with E-state index in [1.165, 1.54) is 11.4 Å². The van der Waals surface area contributed by atoms with Crippen LogP contribution in [0.5, 0.6) is 0 Å². The van der Waals surface area contributed by atoms with Crippen LogP contribution in [0.2, 0.25) is 0 Å². The Kier molecular flexibility index (Phi) is 6.92. The van der Waals surface area contributed by atoms with Crippen molar-refractivity contribution in [1.29, 1.82) is 0 Å². The van der Waals surface area contributed by atoms with Crippen molar-refractivity contribution in [1.82, 2.24) is 4.98 Å². The fourth-order valence-electron chi connectivity index (χ4n) is 1.20. The zero-order chi connectivity index (χ0) is 13.0. The maximum atomic E-state index is 4.93. The van der Waals surface area contributed by atoms with Gasteiger partial charge in [0.15, 0.2) is 0 Å². The molecule has 0 N–H and O–H groups in total. The number of rotatable bonds is 0. The molecular weight excluding hydrogens is 320 g/mol. The van der Waals surface area contributed by atoms with Gasteiger partial charge in [0.25, 0.3) is 0 Å². The number of halogens is 2. The predicted molar refractivity (Wildman–Crippen MR) is 68.9 cm³/mol. The van der Waals surface area contributed by atoms with Gasteiger partial charge in [-0.05, 0) is 10.8 Å². The van der Waals surface area contributed by atoms with Crippen LogP contribution in [0.15, 0.2) is 12.1 Å². The van der Waals surface area contributed by atoms with Gasteiger partial charge in [0.2, 0.25) is 0 Å². The van der Waals surface area contributed by atoms with Crippen molar-refractivity contribution in [3.05, 3.63) is 23.5 Å². The van der Waals surface area contributed by atoms with Gasteiger partial charge in [0, 0.05) is 0 Å². The number of nitrogens with zero attached hydrogens (tertiary/aromatic N) is 1. The van der Waals surface area contributed by atoms with Crippen LogP contribution in [0.3, 0.4) is 0 Å². The summed E-state index contributed by atoms with van der Waals surface area (Å²) in [5, 5.41) is 0. The molecule has 0 amide bonds. The first-order valence-corrected chi connectivity index (χ1v) is 11.6. The Hall–Kier alpha value is 0.743. The second kappa shape index (κ2) is 6.62. The molecule has 1 nitrogen and oxygen atoms in total. The molecule has 0 unspecified atom stereocenters. The monoisotopic (exact) mass is 338 g/mol. The van der Waals surface area contributed by atoms with Gasteiger partial charge in [-0.15, -0.1) is 0 Å². The van der Waals surface area contributed by atoms with Gasteiger partial charge >= 0.3 is 37.9 Å². The third-order valence-corrected chi connectivity index (χ3v) is 2.18. The van der Waals surface area contributed by atoms with E-state index in [2.05, 4.69) is 58.7 Å². The first kappa shape index (κ1) is 16.7. The Balaban J connectivity index is 0.000000673. The Morgan fingerprint density at radius 2 is 1.12 bits per heavy atom. The van der Waals surface area contributed by atoms with Gasteiger partial charge in [0.05, 0.1) is 0 Å². The van der Waals surface area contributed by atoms with E-state index in [-0.39, 0.29) is 10.8 Å². The fraction of sp³-hybridized carbons (Fsp3) is 0.667. The van der Waals surface area contributed by atoms with Crippen molar-refractivity contribution in [2.24, 2.45) is 0 Å². The first-order valence-electron chi connectivity index (χ1n) is 5.24. The Morgan fingerprint density at radius 1 is 0.875 bits per heavy atom. The Bertz CT molecular complexity index is 279. The summed E-state index contributed by atoms with van der Waals surface area (Å²) < 4.78 is 0. The normalized spacial score (nSPS) is 11.8. The maximum absolute atomic E-state index is 4.93. The van der Waals surface area contributed by atoms with E-state index in [0.29, 0.717) is 0 Å². The molecule has 0 saturated carbocycles. The van der Waals surface area contributed by atoms with Crippen molar-refractivity contribution in [3.63, 3.8) is 0 Å². The molecule has 16 heavy (non-hydrogen) atoms. The molecule has 0 aliphatic carbocycles. The summed E-state index contributed by atoms with van der Waals surface area (Å²) in [7, 11) is 9.87. The van der Waals surface area contributed by atoms with Gasteiger partial charge in [-0.3, -0.25) is 0 Å². The summed E-state index contributed by atoms with van der Waals surface area (Å²) in [5.41, 5.74) is 2.72. The third-order valence-electron chi connectivity index (χ3n) is 2.18. The number of hydrogen-bond donors (Lipinski definition) is 0. The topological polar surface area (TPSA) is 14.1 Å². The van der Waals surface area contributed by atoms with E-state index in [1.807, 2.05) is 0 Å². The summed E-state index contributed by atoms with van der Waals surface area (Å²) in [6.07, 6.45) is 0. The predicted octanol–water partition coefficient (Wildman–Crippen LogP) is 4.62. The van der Waals surface area contributed by atoms with Crippen LogP contribution in [0.25, 0.3) is 0 Å². The first-order chi connectivity index (χ1) is 7.12. The number of hydrogen-bond acceptors (Lipinski definition) is 0. The molecule has 0 atom stereocenters. The molecule has 92 valence electrons. The average Bonchev–Trinajstić information content (AvgIpc) is 2.49. The Labute approximate surface area is 118 Å². The van der Waals surface area contributed by atoms with Gasteiger partial charge in [-0.1, -0.05) is 53.7 Å². The van der Waals surface area contributed by atoms with Crippen molar-refractivity contribution >= 4 is 17.0 Å². The summed E-state index contributed by atoms with van der Waals surface area (Å²) >= 11 is -0.826. The molecule has 0 fully saturated rings. The fourth-order valence-corrected chi connectivity index (χ4v) is 1.20. The summed E-state index contributed by atoms with van der Waals surface area (Å²) in [4.78, 5) is 4.65. The molecule has 4 heteroatoms. The van der Waals surface area contributed by atoms with E-state index in [1.54, 1.807) is 0 Å². The van der Waals surface area contributed by atoms with E-state index in [0.717, 1.165) is 0 Å². The molecule has 0 aliphatic heterocycles. The molecule has 0 radical (unpaired) electrons. The van der Waals surface area contributed by atoms with E-state index in [9.17, 15) is 0 Å². The minimum atomic E-state index is -0.826. The zero-order valence-corrected chi connectivity index (χ0v) is 14.8. The van der Waals surface area contributed by atoms with Crippen molar-refractivity contribution in [3.8, 4) is 0 Å². The van der Waals surface area contributed by atoms with Crippen LogP contribution in [0.4, 0.5) is 0 Å². The van der Waals surface area contributed by atoms with E-state index in [4.69, 9.17) is 17.0 Å². The molecule has 0 aromatic carbocycles. The van der Waals surface area contributed by atoms with Gasteiger partial charge in [0.1, 0.15) is 0 Å².